The lowest BCUT2D eigenvalue weighted by Gasteiger charge is -2.25. The van der Waals surface area contributed by atoms with E-state index >= 15 is 0 Å². The Kier molecular flexibility index (Phi) is 7.13. The molecule has 7 N–H and O–H groups in total. The van der Waals surface area contributed by atoms with Crippen molar-refractivity contribution in [2.75, 3.05) is 23.1 Å². The summed E-state index contributed by atoms with van der Waals surface area (Å²) >= 11 is 0. The Labute approximate surface area is 189 Å². The first-order valence-corrected chi connectivity index (χ1v) is 9.93. The fourth-order valence-corrected chi connectivity index (χ4v) is 3.21. The Morgan fingerprint density at radius 2 is 1.73 bits per heavy atom. The van der Waals surface area contributed by atoms with Crippen LogP contribution in [0.15, 0.2) is 65.2 Å². The number of hydrazone groups is 1. The number of urea groups is 1. The van der Waals surface area contributed by atoms with Crippen LogP contribution in [0.3, 0.4) is 0 Å². The monoisotopic (exact) mass is 452 g/mol. The molecule has 172 valence electrons. The van der Waals surface area contributed by atoms with Crippen LogP contribution >= 0.6 is 0 Å². The van der Waals surface area contributed by atoms with E-state index in [4.69, 9.17) is 10.5 Å². The van der Waals surface area contributed by atoms with Gasteiger partial charge >= 0.3 is 12.0 Å². The van der Waals surface area contributed by atoms with Gasteiger partial charge < -0.3 is 31.5 Å². The number of aliphatic hydroxyl groups excluding tert-OH is 1. The average Bonchev–Trinajstić information content (AvgIpc) is 2.79. The van der Waals surface area contributed by atoms with Gasteiger partial charge in [0.25, 0.3) is 5.91 Å². The quantitative estimate of drug-likeness (QED) is 0.213. The van der Waals surface area contributed by atoms with Crippen LogP contribution in [-0.4, -0.2) is 35.8 Å². The second-order valence-electron chi connectivity index (χ2n) is 7.14. The number of benzene rings is 2. The molecule has 0 saturated heterocycles. The average molecular weight is 452 g/mol. The van der Waals surface area contributed by atoms with Crippen LogP contribution in [0.4, 0.5) is 21.9 Å². The molecular weight excluding hydrogens is 428 g/mol. The molecule has 0 spiro atoms. The van der Waals surface area contributed by atoms with Gasteiger partial charge in [-0.15, -0.1) is 0 Å². The number of allylic oxidation sites excluding steroid dienone is 1. The standard InChI is InChI=1S/C22H24N6O5/c1-12-7-3-4-8-14(12)25-20(30)18(27-28-22(23)32)13(21(31)33-2)11-17-19(29)26-16-10-6-5-9-15(16)24-17/h3-10,13,24,26,29H,11H2,1-2H3,(H,25,30)(H3,23,28,32)/b27-18-. The summed E-state index contributed by atoms with van der Waals surface area (Å²) in [5.41, 5.74) is 9.53. The maximum absolute atomic E-state index is 13.1. The minimum Gasteiger partial charge on any atom is -0.493 e. The first kappa shape index (κ1) is 23.1. The lowest BCUT2D eigenvalue weighted by molar-refractivity contribution is -0.143. The first-order chi connectivity index (χ1) is 15.8. The molecule has 0 fully saturated rings. The number of hydrogen-bond acceptors (Lipinski definition) is 8. The van der Waals surface area contributed by atoms with E-state index in [1.54, 1.807) is 55.5 Å². The molecule has 1 aliphatic rings. The third-order valence-corrected chi connectivity index (χ3v) is 4.89. The van der Waals surface area contributed by atoms with E-state index in [9.17, 15) is 19.5 Å². The van der Waals surface area contributed by atoms with Gasteiger partial charge in [0.05, 0.1) is 24.2 Å². The molecule has 2 aromatic carbocycles. The highest BCUT2D eigenvalue weighted by molar-refractivity contribution is 6.46. The predicted octanol–water partition coefficient (Wildman–Crippen LogP) is 2.40. The molecule has 1 atom stereocenters. The van der Waals surface area contributed by atoms with Gasteiger partial charge in [-0.1, -0.05) is 30.3 Å². The fourth-order valence-electron chi connectivity index (χ4n) is 3.21. The largest absolute Gasteiger partial charge is 0.493 e. The van der Waals surface area contributed by atoms with Crippen LogP contribution in [0.5, 0.6) is 0 Å². The Morgan fingerprint density at radius 3 is 2.36 bits per heavy atom. The lowest BCUT2D eigenvalue weighted by atomic mass is 9.95. The number of ether oxygens (including phenoxy) is 1. The van der Waals surface area contributed by atoms with Crippen LogP contribution < -0.4 is 27.1 Å². The Morgan fingerprint density at radius 1 is 1.09 bits per heavy atom. The van der Waals surface area contributed by atoms with Gasteiger partial charge in [-0.05, 0) is 30.7 Å². The SMILES string of the molecule is COC(=O)C(CC1=C(O)Nc2ccccc2N1)/C(=N/NC(N)=O)C(=O)Nc1ccccc1C. The number of methoxy groups -OCH3 is 1. The summed E-state index contributed by atoms with van der Waals surface area (Å²) in [4.78, 5) is 37.0. The highest BCUT2D eigenvalue weighted by Gasteiger charge is 2.34. The summed E-state index contributed by atoms with van der Waals surface area (Å²) in [6.45, 7) is 1.80. The number of carbonyl (C=O) groups excluding carboxylic acids is 3. The summed E-state index contributed by atoms with van der Waals surface area (Å²) in [5.74, 6) is -3.08. The summed E-state index contributed by atoms with van der Waals surface area (Å²) in [6, 6.07) is 13.1. The van der Waals surface area contributed by atoms with Crippen molar-refractivity contribution >= 4 is 40.7 Å². The number of primary amides is 1. The zero-order valence-electron chi connectivity index (χ0n) is 18.0. The summed E-state index contributed by atoms with van der Waals surface area (Å²) < 4.78 is 4.87. The highest BCUT2D eigenvalue weighted by atomic mass is 16.5. The normalized spacial score (nSPS) is 13.7. The molecule has 33 heavy (non-hydrogen) atoms. The number of esters is 1. The van der Waals surface area contributed by atoms with Crippen molar-refractivity contribution in [1.82, 2.24) is 5.43 Å². The smallest absolute Gasteiger partial charge is 0.332 e. The van der Waals surface area contributed by atoms with Crippen molar-refractivity contribution in [3.05, 3.63) is 65.7 Å². The number of rotatable bonds is 7. The topological polar surface area (TPSA) is 167 Å². The summed E-state index contributed by atoms with van der Waals surface area (Å²) in [5, 5.41) is 22.8. The molecule has 0 bridgehead atoms. The minimum atomic E-state index is -1.29. The second kappa shape index (κ2) is 10.2. The van der Waals surface area contributed by atoms with E-state index in [0.29, 0.717) is 17.1 Å². The Hall–Kier alpha value is -4.54. The van der Waals surface area contributed by atoms with Crippen LogP contribution in [0.2, 0.25) is 0 Å². The molecule has 0 aromatic heterocycles. The Bertz CT molecular complexity index is 1140. The van der Waals surface area contributed by atoms with Crippen molar-refractivity contribution in [2.45, 2.75) is 13.3 Å². The predicted molar refractivity (Wildman–Crippen MR) is 123 cm³/mol. The van der Waals surface area contributed by atoms with Gasteiger partial charge in [0, 0.05) is 12.1 Å². The number of hydrogen-bond donors (Lipinski definition) is 6. The van der Waals surface area contributed by atoms with Crippen molar-refractivity contribution < 1.29 is 24.2 Å². The van der Waals surface area contributed by atoms with E-state index in [1.807, 2.05) is 5.43 Å². The third kappa shape index (κ3) is 5.58. The van der Waals surface area contributed by atoms with E-state index in [2.05, 4.69) is 21.1 Å². The molecular formula is C22H24N6O5. The first-order valence-electron chi connectivity index (χ1n) is 9.93. The third-order valence-electron chi connectivity index (χ3n) is 4.89. The maximum atomic E-state index is 13.1. The molecule has 1 aliphatic heterocycles. The van der Waals surface area contributed by atoms with Gasteiger partial charge in [-0.3, -0.25) is 9.59 Å². The van der Waals surface area contributed by atoms with Crippen LogP contribution in [0, 0.1) is 12.8 Å². The number of anilines is 3. The number of aryl methyl sites for hydroxylation is 1. The summed E-state index contributed by atoms with van der Waals surface area (Å²) in [7, 11) is 1.16. The number of amides is 3. The number of nitrogens with zero attached hydrogens (tertiary/aromatic N) is 1. The molecule has 2 aromatic rings. The lowest BCUT2D eigenvalue weighted by Crippen LogP contribution is -2.39. The van der Waals surface area contributed by atoms with Crippen molar-refractivity contribution in [3.63, 3.8) is 0 Å². The molecule has 0 saturated carbocycles. The number of para-hydroxylation sites is 3. The van der Waals surface area contributed by atoms with Crippen molar-refractivity contribution in [3.8, 4) is 0 Å². The molecule has 0 radical (unpaired) electrons. The molecule has 1 unspecified atom stereocenters. The van der Waals surface area contributed by atoms with Crippen LogP contribution in [0.1, 0.15) is 12.0 Å². The molecule has 11 nitrogen and oxygen atoms in total. The van der Waals surface area contributed by atoms with E-state index in [1.165, 1.54) is 0 Å². The van der Waals surface area contributed by atoms with Crippen molar-refractivity contribution in [1.29, 1.82) is 0 Å². The number of nitrogens with two attached hydrogens (primary N) is 1. The molecule has 0 aliphatic carbocycles. The highest BCUT2D eigenvalue weighted by Crippen LogP contribution is 2.31. The van der Waals surface area contributed by atoms with E-state index in [0.717, 1.165) is 12.7 Å². The number of nitrogens with one attached hydrogen (secondary N) is 4. The fraction of sp³-hybridized carbons (Fsp3) is 0.182. The van der Waals surface area contributed by atoms with Crippen LogP contribution in [0.25, 0.3) is 0 Å². The van der Waals surface area contributed by atoms with Gasteiger partial charge in [-0.2, -0.15) is 5.10 Å². The zero-order valence-corrected chi connectivity index (χ0v) is 18.0. The van der Waals surface area contributed by atoms with E-state index in [-0.39, 0.29) is 23.7 Å². The van der Waals surface area contributed by atoms with Gasteiger partial charge in [0.15, 0.2) is 0 Å². The minimum absolute atomic E-state index is 0.194. The van der Waals surface area contributed by atoms with Crippen molar-refractivity contribution in [2.24, 2.45) is 16.8 Å². The van der Waals surface area contributed by atoms with E-state index < -0.39 is 23.8 Å². The number of carbonyl (C=O) groups is 3. The second-order valence-corrected chi connectivity index (χ2v) is 7.14. The maximum Gasteiger partial charge on any atom is 0.332 e. The zero-order chi connectivity index (χ0) is 24.0. The molecule has 3 amide bonds. The van der Waals surface area contributed by atoms with Gasteiger partial charge in [0.1, 0.15) is 11.6 Å². The van der Waals surface area contributed by atoms with Gasteiger partial charge in [0.2, 0.25) is 5.88 Å². The molecule has 3 rings (SSSR count). The number of fused-ring (bicyclic) bond motifs is 1. The molecule has 11 heteroatoms. The van der Waals surface area contributed by atoms with Gasteiger partial charge in [-0.25, -0.2) is 10.2 Å². The summed E-state index contributed by atoms with van der Waals surface area (Å²) in [6.07, 6.45) is -0.194. The molecule has 1 heterocycles. The Balaban J connectivity index is 1.94. The number of aliphatic hydroxyl groups is 1. The van der Waals surface area contributed by atoms with Crippen LogP contribution in [-0.2, 0) is 14.3 Å².